The van der Waals surface area contributed by atoms with Crippen molar-refractivity contribution in [1.29, 1.82) is 0 Å². The highest BCUT2D eigenvalue weighted by molar-refractivity contribution is 5.96. The highest BCUT2D eigenvalue weighted by Crippen LogP contribution is 2.13. The van der Waals surface area contributed by atoms with Gasteiger partial charge in [0, 0.05) is 6.07 Å². The number of rotatable bonds is 4. The van der Waals surface area contributed by atoms with E-state index in [2.05, 4.69) is 10.5 Å². The van der Waals surface area contributed by atoms with Gasteiger partial charge in [-0.25, -0.2) is 9.18 Å². The van der Waals surface area contributed by atoms with Crippen LogP contribution in [0.2, 0.25) is 0 Å². The maximum absolute atomic E-state index is 13.4. The molecule has 1 amide bonds. The lowest BCUT2D eigenvalue weighted by molar-refractivity contribution is -0.123. The van der Waals surface area contributed by atoms with E-state index in [1.807, 2.05) is 0 Å². The molecule has 0 aliphatic carbocycles. The zero-order chi connectivity index (χ0) is 15.4. The number of amides is 1. The number of aromatic nitrogens is 1. The van der Waals surface area contributed by atoms with Crippen molar-refractivity contribution in [2.75, 3.05) is 5.32 Å². The van der Waals surface area contributed by atoms with Gasteiger partial charge in [-0.2, -0.15) is 0 Å². The second-order valence-corrected chi connectivity index (χ2v) is 4.35. The van der Waals surface area contributed by atoms with Crippen LogP contribution in [0.3, 0.4) is 0 Å². The van der Waals surface area contributed by atoms with Crippen molar-refractivity contribution >= 4 is 17.6 Å². The molecule has 0 fully saturated rings. The Kier molecular flexibility index (Phi) is 4.32. The number of benzene rings is 1. The minimum Gasteiger partial charge on any atom is -0.447 e. The number of hydrogen-bond acceptors (Lipinski definition) is 5. The zero-order valence-corrected chi connectivity index (χ0v) is 11.4. The highest BCUT2D eigenvalue weighted by Gasteiger charge is 2.22. The number of nitrogens with zero attached hydrogens (tertiary/aromatic N) is 1. The summed E-state index contributed by atoms with van der Waals surface area (Å²) in [5, 5.41) is 5.88. The van der Waals surface area contributed by atoms with E-state index in [4.69, 9.17) is 9.26 Å². The predicted molar refractivity (Wildman–Crippen MR) is 71.1 cm³/mol. The van der Waals surface area contributed by atoms with Crippen LogP contribution in [-0.2, 0) is 9.53 Å². The molecule has 0 saturated heterocycles. The van der Waals surface area contributed by atoms with Gasteiger partial charge < -0.3 is 14.6 Å². The van der Waals surface area contributed by atoms with Crippen molar-refractivity contribution < 1.29 is 23.2 Å². The first-order valence-electron chi connectivity index (χ1n) is 6.17. The Bertz CT molecular complexity index is 668. The number of aryl methyl sites for hydroxylation is 1. The number of anilines is 1. The lowest BCUT2D eigenvalue weighted by atomic mass is 10.3. The Balaban J connectivity index is 1.97. The number of esters is 1. The second-order valence-electron chi connectivity index (χ2n) is 4.35. The summed E-state index contributed by atoms with van der Waals surface area (Å²) in [4.78, 5) is 23.5. The van der Waals surface area contributed by atoms with Gasteiger partial charge in [0.25, 0.3) is 5.91 Å². The van der Waals surface area contributed by atoms with Gasteiger partial charge in [-0.1, -0.05) is 17.3 Å². The minimum atomic E-state index is -1.11. The van der Waals surface area contributed by atoms with Crippen LogP contribution in [-0.4, -0.2) is 23.1 Å². The Morgan fingerprint density at radius 3 is 2.71 bits per heavy atom. The zero-order valence-electron chi connectivity index (χ0n) is 11.4. The first-order valence-corrected chi connectivity index (χ1v) is 6.17. The summed E-state index contributed by atoms with van der Waals surface area (Å²) in [5.41, 5.74) is 0.534. The molecule has 2 rings (SSSR count). The van der Waals surface area contributed by atoms with E-state index < -0.39 is 23.8 Å². The van der Waals surface area contributed by atoms with Crippen molar-refractivity contribution in [3.63, 3.8) is 0 Å². The van der Waals surface area contributed by atoms with Gasteiger partial charge in [0.15, 0.2) is 6.10 Å². The molecule has 1 atom stereocenters. The fourth-order valence-corrected chi connectivity index (χ4v) is 1.53. The predicted octanol–water partition coefficient (Wildman–Crippen LogP) is 2.31. The maximum Gasteiger partial charge on any atom is 0.377 e. The fraction of sp³-hybridized carbons (Fsp3) is 0.214. The standard InChI is InChI=1S/C14H13FN2O4/c1-8-7-12(21-17-8)14(19)20-9(2)13(18)16-11-6-4-3-5-10(11)15/h3-7,9H,1-2H3,(H,16,18)/t9-/m1/s1. The Morgan fingerprint density at radius 1 is 1.38 bits per heavy atom. The Labute approximate surface area is 119 Å². The van der Waals surface area contributed by atoms with Crippen LogP contribution in [0.5, 0.6) is 0 Å². The lowest BCUT2D eigenvalue weighted by Gasteiger charge is -2.12. The summed E-state index contributed by atoms with van der Waals surface area (Å²) in [7, 11) is 0. The van der Waals surface area contributed by atoms with Crippen LogP contribution in [0, 0.1) is 12.7 Å². The van der Waals surface area contributed by atoms with Gasteiger partial charge in [0.2, 0.25) is 5.76 Å². The van der Waals surface area contributed by atoms with E-state index in [1.165, 1.54) is 31.2 Å². The van der Waals surface area contributed by atoms with E-state index >= 15 is 0 Å². The monoisotopic (exact) mass is 292 g/mol. The largest absolute Gasteiger partial charge is 0.447 e. The summed E-state index contributed by atoms with van der Waals surface area (Å²) in [5.74, 6) is -2.13. The molecular formula is C14H13FN2O4. The third kappa shape index (κ3) is 3.65. The van der Waals surface area contributed by atoms with Crippen molar-refractivity contribution in [3.05, 3.63) is 47.6 Å². The van der Waals surface area contributed by atoms with Crippen molar-refractivity contribution in [2.24, 2.45) is 0 Å². The molecule has 21 heavy (non-hydrogen) atoms. The van der Waals surface area contributed by atoms with Crippen LogP contribution in [0.4, 0.5) is 10.1 Å². The van der Waals surface area contributed by atoms with Crippen molar-refractivity contribution in [2.45, 2.75) is 20.0 Å². The molecule has 0 radical (unpaired) electrons. The number of halogens is 1. The molecule has 2 aromatic rings. The number of carbonyl (C=O) groups excluding carboxylic acids is 2. The quantitative estimate of drug-likeness (QED) is 0.874. The molecule has 0 unspecified atom stereocenters. The van der Waals surface area contributed by atoms with Crippen molar-refractivity contribution in [1.82, 2.24) is 5.16 Å². The molecule has 7 heteroatoms. The molecule has 0 spiro atoms. The van der Waals surface area contributed by atoms with Gasteiger partial charge >= 0.3 is 5.97 Å². The van der Waals surface area contributed by atoms with E-state index in [0.717, 1.165) is 0 Å². The van der Waals surface area contributed by atoms with E-state index in [1.54, 1.807) is 13.0 Å². The first kappa shape index (κ1) is 14.7. The van der Waals surface area contributed by atoms with Gasteiger partial charge in [-0.05, 0) is 26.0 Å². The van der Waals surface area contributed by atoms with Crippen molar-refractivity contribution in [3.8, 4) is 0 Å². The molecule has 0 saturated carbocycles. The van der Waals surface area contributed by atoms with E-state index in [9.17, 15) is 14.0 Å². The molecule has 0 bridgehead atoms. The summed E-state index contributed by atoms with van der Waals surface area (Å²) in [6, 6.07) is 7.09. The molecule has 1 aromatic carbocycles. The third-order valence-electron chi connectivity index (χ3n) is 2.61. The normalized spacial score (nSPS) is 11.8. The number of hydrogen-bond donors (Lipinski definition) is 1. The minimum absolute atomic E-state index is 0.0147. The van der Waals surface area contributed by atoms with Crippen LogP contribution in [0.1, 0.15) is 23.2 Å². The van der Waals surface area contributed by atoms with E-state index in [0.29, 0.717) is 5.69 Å². The van der Waals surface area contributed by atoms with Crippen LogP contribution < -0.4 is 5.32 Å². The third-order valence-corrected chi connectivity index (χ3v) is 2.61. The molecule has 1 N–H and O–H groups in total. The number of ether oxygens (including phenoxy) is 1. The smallest absolute Gasteiger partial charge is 0.377 e. The summed E-state index contributed by atoms with van der Waals surface area (Å²) in [6.07, 6.45) is -1.11. The molecule has 6 nitrogen and oxygen atoms in total. The topological polar surface area (TPSA) is 81.4 Å². The molecule has 0 aliphatic heterocycles. The number of carbonyl (C=O) groups is 2. The molecule has 0 aliphatic rings. The maximum atomic E-state index is 13.4. The number of nitrogens with one attached hydrogen (secondary N) is 1. The molecule has 1 aromatic heterocycles. The highest BCUT2D eigenvalue weighted by atomic mass is 19.1. The second kappa shape index (κ2) is 6.17. The molecule has 110 valence electrons. The fourth-order valence-electron chi connectivity index (χ4n) is 1.53. The van der Waals surface area contributed by atoms with Crippen LogP contribution >= 0.6 is 0 Å². The summed E-state index contributed by atoms with van der Waals surface area (Å²) in [6.45, 7) is 3.02. The Morgan fingerprint density at radius 2 is 2.10 bits per heavy atom. The number of para-hydroxylation sites is 1. The van der Waals surface area contributed by atoms with Gasteiger partial charge in [-0.15, -0.1) is 0 Å². The van der Waals surface area contributed by atoms with Crippen LogP contribution in [0.15, 0.2) is 34.9 Å². The first-order chi connectivity index (χ1) is 9.97. The average molecular weight is 292 g/mol. The van der Waals surface area contributed by atoms with E-state index in [-0.39, 0.29) is 11.4 Å². The SMILES string of the molecule is Cc1cc(C(=O)O[C@H](C)C(=O)Nc2ccccc2F)on1. The molecule has 1 heterocycles. The average Bonchev–Trinajstić information content (AvgIpc) is 2.88. The summed E-state index contributed by atoms with van der Waals surface area (Å²) < 4.78 is 23.0. The lowest BCUT2D eigenvalue weighted by Crippen LogP contribution is -2.30. The Hall–Kier alpha value is -2.70. The van der Waals surface area contributed by atoms with Gasteiger partial charge in [0.05, 0.1) is 11.4 Å². The summed E-state index contributed by atoms with van der Waals surface area (Å²) >= 11 is 0. The van der Waals surface area contributed by atoms with Gasteiger partial charge in [-0.3, -0.25) is 4.79 Å². The van der Waals surface area contributed by atoms with Crippen LogP contribution in [0.25, 0.3) is 0 Å². The van der Waals surface area contributed by atoms with Gasteiger partial charge in [0.1, 0.15) is 5.82 Å². The molecular weight excluding hydrogens is 279 g/mol.